The quantitative estimate of drug-likeness (QED) is 0.485. The second-order valence-corrected chi connectivity index (χ2v) is 4.52. The Morgan fingerprint density at radius 3 is 2.14 bits per heavy atom. The molecule has 0 heterocycles. The average molecular weight is 465 g/mol. The predicted octanol–water partition coefficient (Wildman–Crippen LogP) is 4.76. The molecular formula is C18H19NO2W. The van der Waals surface area contributed by atoms with Crippen molar-refractivity contribution >= 4 is 11.7 Å². The topological polar surface area (TPSA) is 50.1 Å². The molecule has 0 saturated carbocycles. The van der Waals surface area contributed by atoms with Crippen LogP contribution in [0.3, 0.4) is 0 Å². The molecule has 0 radical (unpaired) electrons. The van der Waals surface area contributed by atoms with E-state index in [9.17, 15) is 4.79 Å². The van der Waals surface area contributed by atoms with Gasteiger partial charge >= 0.3 is 27.0 Å². The Kier molecular flexibility index (Phi) is 9.89. The number of esters is 1. The van der Waals surface area contributed by atoms with Crippen LogP contribution in [0.5, 0.6) is 0 Å². The molecule has 0 spiro atoms. The summed E-state index contributed by atoms with van der Waals surface area (Å²) in [5.74, 6) is -0.287. The van der Waals surface area contributed by atoms with E-state index < -0.39 is 0 Å². The molecule has 0 aliphatic heterocycles. The molecule has 0 amide bonds. The van der Waals surface area contributed by atoms with Crippen molar-refractivity contribution in [1.82, 2.24) is 0 Å². The van der Waals surface area contributed by atoms with Gasteiger partial charge in [-0.15, -0.1) is 17.8 Å². The molecule has 0 aromatic heterocycles. The number of hydrogen-bond donors (Lipinski definition) is 0. The molecule has 0 saturated heterocycles. The maximum atomic E-state index is 10.4. The second-order valence-electron chi connectivity index (χ2n) is 4.52. The molecule has 0 bridgehead atoms. The van der Waals surface area contributed by atoms with Gasteiger partial charge in [-0.2, -0.15) is 30.4 Å². The van der Waals surface area contributed by atoms with Gasteiger partial charge in [0.15, 0.2) is 0 Å². The van der Waals surface area contributed by atoms with Crippen molar-refractivity contribution < 1.29 is 30.6 Å². The van der Waals surface area contributed by atoms with Crippen LogP contribution in [0.1, 0.15) is 23.6 Å². The first-order valence-electron chi connectivity index (χ1n) is 6.55. The fourth-order valence-corrected chi connectivity index (χ4v) is 1.46. The SMILES string of the molecule is C=[C-]c1ccc(C)cc1.CC(=O)OCc1ccc([NH-])cc1.[W+2]. The van der Waals surface area contributed by atoms with Crippen LogP contribution in [0.4, 0.5) is 5.69 Å². The van der Waals surface area contributed by atoms with Crippen molar-refractivity contribution in [2.24, 2.45) is 0 Å². The Balaban J connectivity index is 0.000000397. The summed E-state index contributed by atoms with van der Waals surface area (Å²) >= 11 is 0. The zero-order valence-corrected chi connectivity index (χ0v) is 15.7. The van der Waals surface area contributed by atoms with E-state index in [1.807, 2.05) is 24.3 Å². The molecule has 114 valence electrons. The molecular weight excluding hydrogens is 446 g/mol. The van der Waals surface area contributed by atoms with Crippen LogP contribution < -0.4 is 0 Å². The maximum absolute atomic E-state index is 10.4. The van der Waals surface area contributed by atoms with Gasteiger partial charge in [0.1, 0.15) is 6.61 Å². The van der Waals surface area contributed by atoms with Crippen molar-refractivity contribution in [1.29, 1.82) is 0 Å². The summed E-state index contributed by atoms with van der Waals surface area (Å²) in [7, 11) is 0. The normalized spacial score (nSPS) is 8.82. The van der Waals surface area contributed by atoms with E-state index in [0.717, 1.165) is 11.1 Å². The number of hydrogen-bond acceptors (Lipinski definition) is 2. The Labute approximate surface area is 146 Å². The number of nitrogens with one attached hydrogen (secondary N) is 1. The van der Waals surface area contributed by atoms with E-state index in [-0.39, 0.29) is 33.6 Å². The molecule has 2 rings (SSSR count). The standard InChI is InChI=1S/C9H10NO2.C9H9.W/c1-7(11)12-6-8-2-4-9(10)5-3-8;1-3-9-6-4-8(2)5-7-9;/h2-5,10H,6H2,1H3;4-7H,1H2,2H3;/q2*-1;+2. The summed E-state index contributed by atoms with van der Waals surface area (Å²) in [6, 6.07) is 15.0. The number of rotatable bonds is 3. The minimum absolute atomic E-state index is 0. The molecule has 2 aromatic rings. The molecule has 0 fully saturated rings. The van der Waals surface area contributed by atoms with Crippen molar-refractivity contribution in [2.75, 3.05) is 0 Å². The minimum Gasteiger partial charge on any atom is -0.699 e. The van der Waals surface area contributed by atoms with Crippen LogP contribution >= 0.6 is 0 Å². The Morgan fingerprint density at radius 1 is 1.14 bits per heavy atom. The van der Waals surface area contributed by atoms with Gasteiger partial charge in [0.25, 0.3) is 0 Å². The smallest absolute Gasteiger partial charge is 0.699 e. The zero-order valence-electron chi connectivity index (χ0n) is 12.8. The van der Waals surface area contributed by atoms with Crippen LogP contribution in [0, 0.1) is 13.0 Å². The number of carbonyl (C=O) groups is 1. The molecule has 1 N–H and O–H groups in total. The number of benzene rings is 2. The number of ether oxygens (including phenoxy) is 1. The van der Waals surface area contributed by atoms with Gasteiger partial charge in [0.2, 0.25) is 0 Å². The Hall–Kier alpha value is -1.86. The van der Waals surface area contributed by atoms with E-state index in [0.29, 0.717) is 5.69 Å². The van der Waals surface area contributed by atoms with E-state index in [1.54, 1.807) is 24.3 Å². The molecule has 0 aliphatic carbocycles. The van der Waals surface area contributed by atoms with Crippen molar-refractivity contribution in [3.63, 3.8) is 0 Å². The van der Waals surface area contributed by atoms with E-state index in [4.69, 9.17) is 10.5 Å². The third-order valence-electron chi connectivity index (χ3n) is 2.65. The number of aryl methyl sites for hydroxylation is 1. The van der Waals surface area contributed by atoms with Crippen LogP contribution in [0.2, 0.25) is 0 Å². The molecule has 2 aromatic carbocycles. The molecule has 3 nitrogen and oxygen atoms in total. The summed E-state index contributed by atoms with van der Waals surface area (Å²) in [6.45, 7) is 7.26. The van der Waals surface area contributed by atoms with Crippen LogP contribution in [-0.4, -0.2) is 5.97 Å². The Bertz CT molecular complexity index is 577. The molecule has 0 aliphatic rings. The van der Waals surface area contributed by atoms with Crippen molar-refractivity contribution in [3.05, 3.63) is 83.6 Å². The van der Waals surface area contributed by atoms with Gasteiger partial charge in [-0.1, -0.05) is 29.8 Å². The maximum Gasteiger partial charge on any atom is 2.00 e. The third kappa shape index (κ3) is 8.43. The first-order valence-corrected chi connectivity index (χ1v) is 6.55. The predicted molar refractivity (Wildman–Crippen MR) is 85.0 cm³/mol. The summed E-state index contributed by atoms with van der Waals surface area (Å²) in [5.41, 5.74) is 10.9. The van der Waals surface area contributed by atoms with Gasteiger partial charge in [-0.25, -0.2) is 0 Å². The molecule has 22 heavy (non-hydrogen) atoms. The van der Waals surface area contributed by atoms with Gasteiger partial charge in [-0.05, 0) is 12.5 Å². The fraction of sp³-hybridized carbons (Fsp3) is 0.167. The summed E-state index contributed by atoms with van der Waals surface area (Å²) < 4.78 is 4.77. The Morgan fingerprint density at radius 2 is 1.68 bits per heavy atom. The van der Waals surface area contributed by atoms with Crippen molar-refractivity contribution in [2.45, 2.75) is 20.5 Å². The van der Waals surface area contributed by atoms with Gasteiger partial charge < -0.3 is 10.5 Å². The number of carbonyl (C=O) groups excluding carboxylic acids is 1. The first kappa shape index (κ1) is 20.1. The zero-order chi connectivity index (χ0) is 15.7. The summed E-state index contributed by atoms with van der Waals surface area (Å²) in [6.07, 6.45) is 2.80. The van der Waals surface area contributed by atoms with Gasteiger partial charge in [0.05, 0.1) is 0 Å². The molecule has 0 atom stereocenters. The first-order chi connectivity index (χ1) is 10.0. The minimum atomic E-state index is -0.287. The van der Waals surface area contributed by atoms with Gasteiger partial charge in [0, 0.05) is 6.92 Å². The molecule has 0 unspecified atom stereocenters. The van der Waals surface area contributed by atoms with Gasteiger partial charge in [-0.3, -0.25) is 4.79 Å². The van der Waals surface area contributed by atoms with E-state index >= 15 is 0 Å². The second kappa shape index (κ2) is 10.8. The van der Waals surface area contributed by atoms with Crippen molar-refractivity contribution in [3.8, 4) is 0 Å². The largest absolute Gasteiger partial charge is 2.00 e. The fourth-order valence-electron chi connectivity index (χ4n) is 1.46. The summed E-state index contributed by atoms with van der Waals surface area (Å²) in [4.78, 5) is 10.4. The van der Waals surface area contributed by atoms with E-state index in [2.05, 4.69) is 19.6 Å². The average Bonchev–Trinajstić information content (AvgIpc) is 2.48. The van der Waals surface area contributed by atoms with Crippen LogP contribution in [-0.2, 0) is 37.2 Å². The molecule has 4 heteroatoms. The third-order valence-corrected chi connectivity index (χ3v) is 2.65. The van der Waals surface area contributed by atoms with Crippen LogP contribution in [0.25, 0.3) is 5.73 Å². The summed E-state index contributed by atoms with van der Waals surface area (Å²) in [5, 5.41) is 0. The monoisotopic (exact) mass is 465 g/mol. The van der Waals surface area contributed by atoms with Crippen LogP contribution in [0.15, 0.2) is 55.1 Å². The van der Waals surface area contributed by atoms with E-state index in [1.165, 1.54) is 12.5 Å².